The van der Waals surface area contributed by atoms with Gasteiger partial charge in [0.05, 0.1) is 12.7 Å². The van der Waals surface area contributed by atoms with Gasteiger partial charge in [-0.3, -0.25) is 4.90 Å². The summed E-state index contributed by atoms with van der Waals surface area (Å²) in [7, 11) is 0. The van der Waals surface area contributed by atoms with Gasteiger partial charge in [0.2, 0.25) is 0 Å². The third-order valence-electron chi connectivity index (χ3n) is 3.36. The van der Waals surface area contributed by atoms with Crippen LogP contribution in [0.3, 0.4) is 0 Å². The van der Waals surface area contributed by atoms with Crippen molar-refractivity contribution in [2.45, 2.75) is 12.6 Å². The number of aliphatic hydroxyl groups excluding tert-OH is 2. The van der Waals surface area contributed by atoms with E-state index in [2.05, 4.69) is 0 Å². The van der Waals surface area contributed by atoms with Crippen molar-refractivity contribution in [3.05, 3.63) is 70.7 Å². The van der Waals surface area contributed by atoms with E-state index in [4.69, 9.17) is 11.6 Å². The van der Waals surface area contributed by atoms with Crippen molar-refractivity contribution in [3.63, 3.8) is 0 Å². The lowest BCUT2D eigenvalue weighted by molar-refractivity contribution is 0.0957. The molecule has 0 saturated heterocycles. The molecule has 0 aliphatic carbocycles. The fraction of sp³-hybridized carbons (Fsp3) is 0.294. The number of aliphatic hydroxyl groups is 2. The Morgan fingerprint density at radius 1 is 1.00 bits per heavy atom. The SMILES string of the molecule is OCCN(Cc1ccccc1)CC(O)c1ccccc1Cl. The predicted molar refractivity (Wildman–Crippen MR) is 85.2 cm³/mol. The quantitative estimate of drug-likeness (QED) is 0.826. The first kappa shape index (κ1) is 16.0. The molecule has 21 heavy (non-hydrogen) atoms. The van der Waals surface area contributed by atoms with E-state index in [-0.39, 0.29) is 6.61 Å². The average Bonchev–Trinajstić information content (AvgIpc) is 2.49. The van der Waals surface area contributed by atoms with Crippen LogP contribution in [0.5, 0.6) is 0 Å². The highest BCUT2D eigenvalue weighted by molar-refractivity contribution is 6.31. The van der Waals surface area contributed by atoms with Crippen molar-refractivity contribution in [2.24, 2.45) is 0 Å². The zero-order valence-corrected chi connectivity index (χ0v) is 12.6. The number of halogens is 1. The minimum Gasteiger partial charge on any atom is -0.395 e. The van der Waals surface area contributed by atoms with Crippen LogP contribution in [0.15, 0.2) is 54.6 Å². The van der Waals surface area contributed by atoms with Crippen molar-refractivity contribution in [1.29, 1.82) is 0 Å². The van der Waals surface area contributed by atoms with Crippen LogP contribution >= 0.6 is 11.6 Å². The Morgan fingerprint density at radius 3 is 2.33 bits per heavy atom. The zero-order valence-electron chi connectivity index (χ0n) is 11.8. The molecule has 0 aliphatic rings. The van der Waals surface area contributed by atoms with Crippen molar-refractivity contribution in [2.75, 3.05) is 19.7 Å². The summed E-state index contributed by atoms with van der Waals surface area (Å²) in [5.41, 5.74) is 1.87. The summed E-state index contributed by atoms with van der Waals surface area (Å²) in [4.78, 5) is 2.02. The molecule has 4 heteroatoms. The molecule has 2 aromatic rings. The Bertz CT molecular complexity index is 547. The van der Waals surface area contributed by atoms with E-state index in [0.717, 1.165) is 11.1 Å². The van der Waals surface area contributed by atoms with Crippen LogP contribution in [0.4, 0.5) is 0 Å². The smallest absolute Gasteiger partial charge is 0.0931 e. The minimum atomic E-state index is -0.672. The topological polar surface area (TPSA) is 43.7 Å². The van der Waals surface area contributed by atoms with E-state index < -0.39 is 6.10 Å². The van der Waals surface area contributed by atoms with Crippen molar-refractivity contribution < 1.29 is 10.2 Å². The first-order valence-corrected chi connectivity index (χ1v) is 7.38. The summed E-state index contributed by atoms with van der Waals surface area (Å²) in [6.45, 7) is 1.68. The Kier molecular flexibility index (Phi) is 6.21. The number of benzene rings is 2. The van der Waals surface area contributed by atoms with Gasteiger partial charge >= 0.3 is 0 Å². The standard InChI is InChI=1S/C17H20ClNO2/c18-16-9-5-4-8-15(16)17(21)13-19(10-11-20)12-14-6-2-1-3-7-14/h1-9,17,20-21H,10-13H2. The summed E-state index contributed by atoms with van der Waals surface area (Å²) >= 11 is 6.11. The molecule has 0 aliphatic heterocycles. The highest BCUT2D eigenvalue weighted by Crippen LogP contribution is 2.23. The van der Waals surface area contributed by atoms with E-state index in [1.54, 1.807) is 6.07 Å². The van der Waals surface area contributed by atoms with E-state index in [9.17, 15) is 10.2 Å². The number of hydrogen-bond donors (Lipinski definition) is 2. The first-order valence-electron chi connectivity index (χ1n) is 7.00. The van der Waals surface area contributed by atoms with E-state index in [1.807, 2.05) is 53.4 Å². The molecule has 0 bridgehead atoms. The number of hydrogen-bond acceptors (Lipinski definition) is 3. The molecule has 2 aromatic carbocycles. The molecule has 2 N–H and O–H groups in total. The molecule has 3 nitrogen and oxygen atoms in total. The number of rotatable bonds is 7. The van der Waals surface area contributed by atoms with Crippen LogP contribution in [0.1, 0.15) is 17.2 Å². The highest BCUT2D eigenvalue weighted by atomic mass is 35.5. The van der Waals surface area contributed by atoms with Gasteiger partial charge in [0.15, 0.2) is 0 Å². The largest absolute Gasteiger partial charge is 0.395 e. The van der Waals surface area contributed by atoms with Crippen LogP contribution in [0, 0.1) is 0 Å². The van der Waals surface area contributed by atoms with E-state index >= 15 is 0 Å². The number of nitrogens with zero attached hydrogens (tertiary/aromatic N) is 1. The Morgan fingerprint density at radius 2 is 1.67 bits per heavy atom. The fourth-order valence-corrected chi connectivity index (χ4v) is 2.57. The van der Waals surface area contributed by atoms with Crippen LogP contribution in [-0.2, 0) is 6.54 Å². The Labute approximate surface area is 130 Å². The molecule has 0 spiro atoms. The average molecular weight is 306 g/mol. The van der Waals surface area contributed by atoms with Crippen LogP contribution in [0.2, 0.25) is 5.02 Å². The second kappa shape index (κ2) is 8.15. The molecule has 0 aromatic heterocycles. The first-order chi connectivity index (χ1) is 10.2. The molecule has 0 amide bonds. The van der Waals surface area contributed by atoms with Crippen molar-refractivity contribution in [1.82, 2.24) is 4.90 Å². The van der Waals surface area contributed by atoms with Gasteiger partial charge in [-0.1, -0.05) is 60.1 Å². The second-order valence-electron chi connectivity index (χ2n) is 4.98. The van der Waals surface area contributed by atoms with Gasteiger partial charge in [0, 0.05) is 30.2 Å². The zero-order chi connectivity index (χ0) is 15.1. The van der Waals surface area contributed by atoms with Gasteiger partial charge in [0.1, 0.15) is 0 Å². The van der Waals surface area contributed by atoms with Gasteiger partial charge in [-0.15, -0.1) is 0 Å². The lowest BCUT2D eigenvalue weighted by Gasteiger charge is -2.25. The minimum absolute atomic E-state index is 0.0576. The second-order valence-corrected chi connectivity index (χ2v) is 5.39. The molecule has 0 radical (unpaired) electrons. The van der Waals surface area contributed by atoms with Gasteiger partial charge in [0.25, 0.3) is 0 Å². The Hall–Kier alpha value is -1.39. The summed E-state index contributed by atoms with van der Waals surface area (Å²) in [6.07, 6.45) is -0.672. The van der Waals surface area contributed by atoms with Gasteiger partial charge in [-0.05, 0) is 11.6 Å². The summed E-state index contributed by atoms with van der Waals surface area (Å²) in [5, 5.41) is 20.1. The predicted octanol–water partition coefficient (Wildman–Crippen LogP) is 2.87. The maximum Gasteiger partial charge on any atom is 0.0931 e. The van der Waals surface area contributed by atoms with Crippen molar-refractivity contribution >= 4 is 11.6 Å². The monoisotopic (exact) mass is 305 g/mol. The van der Waals surface area contributed by atoms with Gasteiger partial charge < -0.3 is 10.2 Å². The van der Waals surface area contributed by atoms with E-state index in [0.29, 0.717) is 24.7 Å². The third-order valence-corrected chi connectivity index (χ3v) is 3.70. The maximum atomic E-state index is 10.4. The van der Waals surface area contributed by atoms with Crippen molar-refractivity contribution in [3.8, 4) is 0 Å². The molecule has 1 unspecified atom stereocenters. The summed E-state index contributed by atoms with van der Waals surface area (Å²) in [5.74, 6) is 0. The molecular formula is C17H20ClNO2. The molecule has 1 atom stereocenters. The van der Waals surface area contributed by atoms with Crippen LogP contribution < -0.4 is 0 Å². The highest BCUT2D eigenvalue weighted by Gasteiger charge is 2.15. The Balaban J connectivity index is 2.04. The lowest BCUT2D eigenvalue weighted by Crippen LogP contribution is -2.31. The normalized spacial score (nSPS) is 12.6. The summed E-state index contributed by atoms with van der Waals surface area (Å²) in [6, 6.07) is 17.3. The molecule has 0 fully saturated rings. The molecule has 0 saturated carbocycles. The third kappa shape index (κ3) is 4.83. The fourth-order valence-electron chi connectivity index (χ4n) is 2.31. The lowest BCUT2D eigenvalue weighted by atomic mass is 10.1. The maximum absolute atomic E-state index is 10.4. The molecule has 2 rings (SSSR count). The van der Waals surface area contributed by atoms with E-state index in [1.165, 1.54) is 0 Å². The van der Waals surface area contributed by atoms with Crippen LogP contribution in [0.25, 0.3) is 0 Å². The molecule has 112 valence electrons. The van der Waals surface area contributed by atoms with Gasteiger partial charge in [-0.25, -0.2) is 0 Å². The van der Waals surface area contributed by atoms with Crippen LogP contribution in [-0.4, -0.2) is 34.8 Å². The summed E-state index contributed by atoms with van der Waals surface area (Å²) < 4.78 is 0. The van der Waals surface area contributed by atoms with Gasteiger partial charge in [-0.2, -0.15) is 0 Å². The molecule has 0 heterocycles. The molecular weight excluding hydrogens is 286 g/mol.